The highest BCUT2D eigenvalue weighted by atomic mass is 16.6. The fourth-order valence-corrected chi connectivity index (χ4v) is 4.34. The van der Waals surface area contributed by atoms with Crippen molar-refractivity contribution >= 4 is 17.3 Å². The summed E-state index contributed by atoms with van der Waals surface area (Å²) >= 11 is 0. The number of anilines is 1. The van der Waals surface area contributed by atoms with Crippen molar-refractivity contribution in [1.29, 1.82) is 0 Å². The van der Waals surface area contributed by atoms with E-state index in [1.54, 1.807) is 19.2 Å². The molecular formula is C23H29N3O3. The fourth-order valence-electron chi connectivity index (χ4n) is 4.34. The topological polar surface area (TPSA) is 75.5 Å². The minimum Gasteiger partial charge on any atom is -0.363 e. The SMILES string of the molecule is CCC1CCCCN1c1ccc(C(C)c2ccccc2C(=O)NC)cc1[N+](=O)[O-]. The Morgan fingerprint density at radius 3 is 2.72 bits per heavy atom. The molecule has 29 heavy (non-hydrogen) atoms. The van der Waals surface area contributed by atoms with Crippen molar-refractivity contribution in [3.05, 3.63) is 69.3 Å². The minimum atomic E-state index is -0.280. The number of amides is 1. The molecule has 0 bridgehead atoms. The standard InChI is InChI=1S/C23H29N3O3/c1-4-18-9-7-8-14-25(18)21-13-12-17(15-22(21)26(28)29)16(2)19-10-5-6-11-20(19)23(27)24-3/h5-6,10-13,15-16,18H,4,7-9,14H2,1-3H3,(H,24,27). The molecule has 0 aliphatic carbocycles. The predicted molar refractivity (Wildman–Crippen MR) is 116 cm³/mol. The fraction of sp³-hybridized carbons (Fsp3) is 0.435. The van der Waals surface area contributed by atoms with Gasteiger partial charge in [-0.15, -0.1) is 0 Å². The van der Waals surface area contributed by atoms with E-state index < -0.39 is 0 Å². The molecule has 0 radical (unpaired) electrons. The van der Waals surface area contributed by atoms with E-state index in [1.165, 1.54) is 6.42 Å². The molecule has 1 aliphatic rings. The molecule has 0 saturated carbocycles. The van der Waals surface area contributed by atoms with E-state index in [2.05, 4.69) is 17.1 Å². The van der Waals surface area contributed by atoms with Crippen molar-refractivity contribution < 1.29 is 9.72 Å². The van der Waals surface area contributed by atoms with Gasteiger partial charge < -0.3 is 10.2 Å². The number of nitrogens with zero attached hydrogens (tertiary/aromatic N) is 2. The Labute approximate surface area is 172 Å². The maximum Gasteiger partial charge on any atom is 0.292 e. The van der Waals surface area contributed by atoms with Crippen LogP contribution in [0.2, 0.25) is 0 Å². The van der Waals surface area contributed by atoms with E-state index in [9.17, 15) is 14.9 Å². The van der Waals surface area contributed by atoms with Crippen molar-refractivity contribution in [2.45, 2.75) is 51.5 Å². The number of nitro benzene ring substituents is 1. The Morgan fingerprint density at radius 1 is 1.28 bits per heavy atom. The number of rotatable bonds is 6. The number of nitro groups is 1. The van der Waals surface area contributed by atoms with Gasteiger partial charge in [0.05, 0.1) is 4.92 Å². The van der Waals surface area contributed by atoms with Gasteiger partial charge in [-0.05, 0) is 48.9 Å². The van der Waals surface area contributed by atoms with Gasteiger partial charge in [-0.25, -0.2) is 0 Å². The Morgan fingerprint density at radius 2 is 2.03 bits per heavy atom. The third-order valence-corrected chi connectivity index (χ3v) is 6.00. The zero-order chi connectivity index (χ0) is 21.0. The van der Waals surface area contributed by atoms with Crippen LogP contribution in [-0.2, 0) is 0 Å². The zero-order valence-electron chi connectivity index (χ0n) is 17.4. The molecule has 1 saturated heterocycles. The molecule has 0 aromatic heterocycles. The van der Waals surface area contributed by atoms with Gasteiger partial charge in [0.15, 0.2) is 0 Å². The number of carbonyl (C=O) groups excluding carboxylic acids is 1. The lowest BCUT2D eigenvalue weighted by atomic mass is 9.88. The summed E-state index contributed by atoms with van der Waals surface area (Å²) in [7, 11) is 1.60. The van der Waals surface area contributed by atoms with Crippen molar-refractivity contribution in [2.75, 3.05) is 18.5 Å². The molecule has 154 valence electrons. The first-order valence-electron chi connectivity index (χ1n) is 10.3. The largest absolute Gasteiger partial charge is 0.363 e. The van der Waals surface area contributed by atoms with Crippen LogP contribution in [0.25, 0.3) is 0 Å². The summed E-state index contributed by atoms with van der Waals surface area (Å²) in [6, 6.07) is 13.3. The smallest absolute Gasteiger partial charge is 0.292 e. The molecule has 0 spiro atoms. The Bertz CT molecular complexity index is 897. The molecule has 1 amide bonds. The van der Waals surface area contributed by atoms with Crippen molar-refractivity contribution in [3.63, 3.8) is 0 Å². The highest BCUT2D eigenvalue weighted by Gasteiger charge is 2.28. The summed E-state index contributed by atoms with van der Waals surface area (Å²) in [4.78, 5) is 26.1. The molecule has 2 aromatic carbocycles. The van der Waals surface area contributed by atoms with Gasteiger partial charge in [0, 0.05) is 37.2 Å². The second-order valence-electron chi connectivity index (χ2n) is 7.64. The highest BCUT2D eigenvalue weighted by Crippen LogP contribution is 2.37. The van der Waals surface area contributed by atoms with Gasteiger partial charge in [-0.1, -0.05) is 38.1 Å². The van der Waals surface area contributed by atoms with Crippen LogP contribution >= 0.6 is 0 Å². The molecule has 2 atom stereocenters. The van der Waals surface area contributed by atoms with Gasteiger partial charge in [0.2, 0.25) is 0 Å². The van der Waals surface area contributed by atoms with E-state index in [-0.39, 0.29) is 22.4 Å². The normalized spacial score (nSPS) is 17.6. The lowest BCUT2D eigenvalue weighted by molar-refractivity contribution is -0.384. The van der Waals surface area contributed by atoms with Crippen LogP contribution in [0.3, 0.4) is 0 Å². The van der Waals surface area contributed by atoms with Gasteiger partial charge in [-0.3, -0.25) is 14.9 Å². The van der Waals surface area contributed by atoms with Crippen LogP contribution in [0.5, 0.6) is 0 Å². The van der Waals surface area contributed by atoms with E-state index in [1.807, 2.05) is 37.3 Å². The molecule has 1 heterocycles. The first-order chi connectivity index (χ1) is 14.0. The number of carbonyl (C=O) groups is 1. The average molecular weight is 396 g/mol. The van der Waals surface area contributed by atoms with Crippen LogP contribution in [0.1, 0.15) is 66.9 Å². The molecule has 2 unspecified atom stereocenters. The first-order valence-corrected chi connectivity index (χ1v) is 10.3. The van der Waals surface area contributed by atoms with Crippen LogP contribution in [-0.4, -0.2) is 30.5 Å². The summed E-state index contributed by atoms with van der Waals surface area (Å²) in [5.41, 5.74) is 3.14. The molecule has 6 nitrogen and oxygen atoms in total. The van der Waals surface area contributed by atoms with Crippen molar-refractivity contribution in [1.82, 2.24) is 5.32 Å². The molecule has 6 heteroatoms. The van der Waals surface area contributed by atoms with E-state index in [4.69, 9.17) is 0 Å². The van der Waals surface area contributed by atoms with E-state index in [0.717, 1.165) is 36.9 Å². The van der Waals surface area contributed by atoms with Crippen molar-refractivity contribution in [3.8, 4) is 0 Å². The molecule has 3 rings (SSSR count). The number of hydrogen-bond acceptors (Lipinski definition) is 4. The second kappa shape index (κ2) is 9.07. The van der Waals surface area contributed by atoms with E-state index in [0.29, 0.717) is 17.3 Å². The summed E-state index contributed by atoms with van der Waals surface area (Å²) in [6.45, 7) is 4.98. The zero-order valence-corrected chi connectivity index (χ0v) is 17.4. The number of nitrogens with one attached hydrogen (secondary N) is 1. The maximum atomic E-state index is 12.2. The summed E-state index contributed by atoms with van der Waals surface area (Å²) in [6.07, 6.45) is 4.29. The van der Waals surface area contributed by atoms with E-state index >= 15 is 0 Å². The second-order valence-corrected chi connectivity index (χ2v) is 7.64. The maximum absolute atomic E-state index is 12.2. The third-order valence-electron chi connectivity index (χ3n) is 6.00. The Kier molecular flexibility index (Phi) is 6.52. The van der Waals surface area contributed by atoms with Crippen LogP contribution < -0.4 is 10.2 Å². The number of benzene rings is 2. The third kappa shape index (κ3) is 4.26. The van der Waals surface area contributed by atoms with Gasteiger partial charge in [-0.2, -0.15) is 0 Å². The molecule has 1 aliphatic heterocycles. The lowest BCUT2D eigenvalue weighted by Crippen LogP contribution is -2.39. The lowest BCUT2D eigenvalue weighted by Gasteiger charge is -2.36. The minimum absolute atomic E-state index is 0.139. The summed E-state index contributed by atoms with van der Waals surface area (Å²) in [5, 5.41) is 14.6. The van der Waals surface area contributed by atoms with Crippen LogP contribution in [0, 0.1) is 10.1 Å². The molecule has 2 aromatic rings. The Hall–Kier alpha value is -2.89. The predicted octanol–water partition coefficient (Wildman–Crippen LogP) is 4.88. The summed E-state index contributed by atoms with van der Waals surface area (Å²) in [5.74, 6) is -0.294. The quantitative estimate of drug-likeness (QED) is 0.559. The van der Waals surface area contributed by atoms with Crippen LogP contribution in [0.15, 0.2) is 42.5 Å². The van der Waals surface area contributed by atoms with Gasteiger partial charge in [0.25, 0.3) is 11.6 Å². The highest BCUT2D eigenvalue weighted by molar-refractivity contribution is 5.95. The molecular weight excluding hydrogens is 366 g/mol. The number of piperidine rings is 1. The molecule has 1 fully saturated rings. The van der Waals surface area contributed by atoms with Gasteiger partial charge >= 0.3 is 0 Å². The monoisotopic (exact) mass is 395 g/mol. The Balaban J connectivity index is 2.01. The first kappa shape index (κ1) is 20.8. The van der Waals surface area contributed by atoms with Crippen molar-refractivity contribution in [2.24, 2.45) is 0 Å². The average Bonchev–Trinajstić information content (AvgIpc) is 2.77. The van der Waals surface area contributed by atoms with Gasteiger partial charge in [0.1, 0.15) is 5.69 Å². The number of hydrogen-bond donors (Lipinski definition) is 1. The summed E-state index contributed by atoms with van der Waals surface area (Å²) < 4.78 is 0. The van der Waals surface area contributed by atoms with Crippen LogP contribution in [0.4, 0.5) is 11.4 Å². The molecule has 1 N–H and O–H groups in total.